The molecule has 2 rings (SSSR count). The second-order valence-corrected chi connectivity index (χ2v) is 4.30. The molecule has 0 aliphatic rings. The van der Waals surface area contributed by atoms with Crippen molar-refractivity contribution in [2.75, 3.05) is 0 Å². The molecule has 0 unspecified atom stereocenters. The fourth-order valence-electron chi connectivity index (χ4n) is 1.97. The molecular formula is C12H18N4O. The van der Waals surface area contributed by atoms with Crippen LogP contribution in [0.1, 0.15) is 24.7 Å². The molecule has 0 fully saturated rings. The molecule has 0 N–H and O–H groups in total. The Kier molecular flexibility index (Phi) is 3.17. The van der Waals surface area contributed by atoms with Gasteiger partial charge in [-0.25, -0.2) is 4.79 Å². The van der Waals surface area contributed by atoms with E-state index >= 15 is 0 Å². The highest BCUT2D eigenvalue weighted by molar-refractivity contribution is 5.09. The number of hydrogen-bond donors (Lipinski definition) is 0. The third-order valence-corrected chi connectivity index (χ3v) is 2.81. The minimum absolute atomic E-state index is 0.0469. The molecule has 2 heterocycles. The minimum atomic E-state index is 0.0469. The van der Waals surface area contributed by atoms with Gasteiger partial charge in [0.25, 0.3) is 0 Å². The SMILES string of the molecule is CCCn1ccn(Cc2cc(C)nn2C)c1=O. The lowest BCUT2D eigenvalue weighted by molar-refractivity contribution is 0.605. The maximum absolute atomic E-state index is 12.0. The van der Waals surface area contributed by atoms with Gasteiger partial charge in [0.2, 0.25) is 0 Å². The van der Waals surface area contributed by atoms with Gasteiger partial charge >= 0.3 is 5.69 Å². The summed E-state index contributed by atoms with van der Waals surface area (Å²) < 4.78 is 5.27. The van der Waals surface area contributed by atoms with Gasteiger partial charge in [0.15, 0.2) is 0 Å². The van der Waals surface area contributed by atoms with Crippen molar-refractivity contribution in [3.63, 3.8) is 0 Å². The van der Waals surface area contributed by atoms with Gasteiger partial charge in [0.1, 0.15) is 0 Å². The van der Waals surface area contributed by atoms with Crippen molar-refractivity contribution in [1.82, 2.24) is 18.9 Å². The van der Waals surface area contributed by atoms with E-state index in [0.29, 0.717) is 6.54 Å². The van der Waals surface area contributed by atoms with Crippen LogP contribution < -0.4 is 5.69 Å². The van der Waals surface area contributed by atoms with Gasteiger partial charge in [0.05, 0.1) is 17.9 Å². The fraction of sp³-hybridized carbons (Fsp3) is 0.500. The molecule has 0 radical (unpaired) electrons. The summed E-state index contributed by atoms with van der Waals surface area (Å²) in [7, 11) is 1.90. The normalized spacial score (nSPS) is 11.0. The van der Waals surface area contributed by atoms with Crippen molar-refractivity contribution in [3.8, 4) is 0 Å². The lowest BCUT2D eigenvalue weighted by atomic mass is 10.3. The zero-order chi connectivity index (χ0) is 12.4. The molecular weight excluding hydrogens is 216 g/mol. The second kappa shape index (κ2) is 4.61. The molecule has 0 aliphatic carbocycles. The zero-order valence-electron chi connectivity index (χ0n) is 10.6. The first kappa shape index (κ1) is 11.7. The maximum atomic E-state index is 12.0. The van der Waals surface area contributed by atoms with E-state index in [1.165, 1.54) is 0 Å². The molecule has 0 saturated heterocycles. The first-order chi connectivity index (χ1) is 8.11. The van der Waals surface area contributed by atoms with E-state index in [1.807, 2.05) is 37.1 Å². The average molecular weight is 234 g/mol. The largest absolute Gasteiger partial charge is 0.328 e. The molecule has 0 bridgehead atoms. The quantitative estimate of drug-likeness (QED) is 0.796. The van der Waals surface area contributed by atoms with Crippen LogP contribution in [0.2, 0.25) is 0 Å². The molecule has 0 amide bonds. The second-order valence-electron chi connectivity index (χ2n) is 4.30. The van der Waals surface area contributed by atoms with Crippen LogP contribution in [0.15, 0.2) is 23.3 Å². The third kappa shape index (κ3) is 2.33. The van der Waals surface area contributed by atoms with Crippen molar-refractivity contribution in [1.29, 1.82) is 0 Å². The van der Waals surface area contributed by atoms with Crippen molar-refractivity contribution in [2.24, 2.45) is 7.05 Å². The molecule has 0 atom stereocenters. The summed E-state index contributed by atoms with van der Waals surface area (Å²) in [4.78, 5) is 12.0. The monoisotopic (exact) mass is 234 g/mol. The van der Waals surface area contributed by atoms with Crippen LogP contribution in [0.5, 0.6) is 0 Å². The van der Waals surface area contributed by atoms with E-state index in [9.17, 15) is 4.79 Å². The van der Waals surface area contributed by atoms with Crippen LogP contribution in [0.4, 0.5) is 0 Å². The molecule has 5 nitrogen and oxygen atoms in total. The highest BCUT2D eigenvalue weighted by Gasteiger charge is 2.06. The molecule has 0 spiro atoms. The number of rotatable bonds is 4. The molecule has 0 saturated carbocycles. The van der Waals surface area contributed by atoms with E-state index in [-0.39, 0.29) is 5.69 Å². The van der Waals surface area contributed by atoms with Gasteiger partial charge in [-0.2, -0.15) is 5.10 Å². The Morgan fingerprint density at radius 3 is 2.59 bits per heavy atom. The highest BCUT2D eigenvalue weighted by atomic mass is 16.1. The van der Waals surface area contributed by atoms with Crippen LogP contribution in [0, 0.1) is 6.92 Å². The van der Waals surface area contributed by atoms with Crippen LogP contribution in [0.3, 0.4) is 0 Å². The fourth-order valence-corrected chi connectivity index (χ4v) is 1.97. The van der Waals surface area contributed by atoms with Gasteiger partial charge in [-0.15, -0.1) is 0 Å². The standard InChI is InChI=1S/C12H18N4O/c1-4-5-15-6-7-16(12(15)17)9-11-8-10(2)13-14(11)3/h6-8H,4-5,9H2,1-3H3. The van der Waals surface area contributed by atoms with Crippen molar-refractivity contribution in [3.05, 3.63) is 40.3 Å². The van der Waals surface area contributed by atoms with Gasteiger partial charge < -0.3 is 0 Å². The third-order valence-electron chi connectivity index (χ3n) is 2.81. The summed E-state index contributed by atoms with van der Waals surface area (Å²) in [5.74, 6) is 0. The number of nitrogens with zero attached hydrogens (tertiary/aromatic N) is 4. The van der Waals surface area contributed by atoms with E-state index in [2.05, 4.69) is 12.0 Å². The molecule has 0 aromatic carbocycles. The van der Waals surface area contributed by atoms with Gasteiger partial charge in [0, 0.05) is 26.0 Å². The topological polar surface area (TPSA) is 44.8 Å². The zero-order valence-corrected chi connectivity index (χ0v) is 10.6. The van der Waals surface area contributed by atoms with Crippen LogP contribution in [-0.4, -0.2) is 18.9 Å². The van der Waals surface area contributed by atoms with Crippen molar-refractivity contribution in [2.45, 2.75) is 33.4 Å². The molecule has 17 heavy (non-hydrogen) atoms. The van der Waals surface area contributed by atoms with Crippen LogP contribution in [0.25, 0.3) is 0 Å². The van der Waals surface area contributed by atoms with E-state index < -0.39 is 0 Å². The first-order valence-corrected chi connectivity index (χ1v) is 5.87. The number of aryl methyl sites for hydroxylation is 3. The Hall–Kier alpha value is -1.78. The molecule has 92 valence electrons. The summed E-state index contributed by atoms with van der Waals surface area (Å²) in [6.07, 6.45) is 4.64. The van der Waals surface area contributed by atoms with Crippen molar-refractivity contribution < 1.29 is 0 Å². The summed E-state index contributed by atoms with van der Waals surface area (Å²) >= 11 is 0. The molecule has 0 aliphatic heterocycles. The smallest absolute Gasteiger partial charge is 0.299 e. The first-order valence-electron chi connectivity index (χ1n) is 5.87. The Morgan fingerprint density at radius 2 is 2.00 bits per heavy atom. The predicted molar refractivity (Wildman–Crippen MR) is 66.0 cm³/mol. The van der Waals surface area contributed by atoms with Gasteiger partial charge in [-0.3, -0.25) is 13.8 Å². The molecule has 5 heteroatoms. The highest BCUT2D eigenvalue weighted by Crippen LogP contribution is 2.03. The Labute approximate surface area is 100 Å². The summed E-state index contributed by atoms with van der Waals surface area (Å²) in [5.41, 5.74) is 2.06. The number of hydrogen-bond acceptors (Lipinski definition) is 2. The number of imidazole rings is 1. The van der Waals surface area contributed by atoms with Gasteiger partial charge in [-0.05, 0) is 19.4 Å². The summed E-state index contributed by atoms with van der Waals surface area (Å²) in [6, 6.07) is 2.00. The van der Waals surface area contributed by atoms with E-state index in [4.69, 9.17) is 0 Å². The number of aromatic nitrogens is 4. The maximum Gasteiger partial charge on any atom is 0.328 e. The Morgan fingerprint density at radius 1 is 1.29 bits per heavy atom. The van der Waals surface area contributed by atoms with Crippen LogP contribution in [-0.2, 0) is 20.1 Å². The lowest BCUT2D eigenvalue weighted by Gasteiger charge is -2.02. The summed E-state index contributed by atoms with van der Waals surface area (Å²) in [6.45, 7) is 5.37. The lowest BCUT2D eigenvalue weighted by Crippen LogP contribution is -2.25. The van der Waals surface area contributed by atoms with E-state index in [0.717, 1.165) is 24.4 Å². The molecule has 2 aromatic rings. The predicted octanol–water partition coefficient (Wildman–Crippen LogP) is 1.15. The summed E-state index contributed by atoms with van der Waals surface area (Å²) in [5, 5.41) is 4.27. The minimum Gasteiger partial charge on any atom is -0.299 e. The molecule has 2 aromatic heterocycles. The Balaban J connectivity index is 2.25. The van der Waals surface area contributed by atoms with Crippen molar-refractivity contribution >= 4 is 0 Å². The van der Waals surface area contributed by atoms with E-state index in [1.54, 1.807) is 9.13 Å². The average Bonchev–Trinajstić information content (AvgIpc) is 2.76. The van der Waals surface area contributed by atoms with Crippen LogP contribution >= 0.6 is 0 Å². The Bertz CT molecular complexity index is 561. The van der Waals surface area contributed by atoms with Gasteiger partial charge in [-0.1, -0.05) is 6.92 Å².